The third-order valence-electron chi connectivity index (χ3n) is 5.58. The number of carbonyl (C=O) groups is 1. The Labute approximate surface area is 196 Å². The van der Waals surface area contributed by atoms with E-state index >= 15 is 0 Å². The molecule has 0 radical (unpaired) electrons. The first-order chi connectivity index (χ1) is 16.1. The molecule has 0 bridgehead atoms. The van der Waals surface area contributed by atoms with Gasteiger partial charge in [-0.3, -0.25) is 0 Å². The molecule has 0 amide bonds. The molecular formula is C28H33NO4. The van der Waals surface area contributed by atoms with Crippen LogP contribution in [0.1, 0.15) is 37.6 Å². The number of hydrogen-bond acceptors (Lipinski definition) is 5. The molecule has 0 saturated heterocycles. The molecule has 0 aliphatic heterocycles. The maximum atomic E-state index is 12.7. The summed E-state index contributed by atoms with van der Waals surface area (Å²) < 4.78 is 10.9. The average Bonchev–Trinajstić information content (AvgIpc) is 2.86. The number of benzene rings is 3. The number of hydrogen-bond donors (Lipinski definition) is 1. The zero-order chi connectivity index (χ0) is 23.6. The molecule has 0 aliphatic rings. The van der Waals surface area contributed by atoms with Crippen molar-refractivity contribution in [3.05, 3.63) is 72.3 Å². The van der Waals surface area contributed by atoms with Gasteiger partial charge in [0.15, 0.2) is 0 Å². The summed E-state index contributed by atoms with van der Waals surface area (Å²) in [6, 6.07) is 22.0. The smallest absolute Gasteiger partial charge is 0.338 e. The average molecular weight is 448 g/mol. The van der Waals surface area contributed by atoms with Gasteiger partial charge >= 0.3 is 5.97 Å². The second kappa shape index (κ2) is 12.1. The van der Waals surface area contributed by atoms with Gasteiger partial charge in [-0.15, -0.1) is 0 Å². The van der Waals surface area contributed by atoms with Crippen molar-refractivity contribution in [3.8, 4) is 28.0 Å². The van der Waals surface area contributed by atoms with Gasteiger partial charge in [-0.05, 0) is 79.4 Å². The van der Waals surface area contributed by atoms with Crippen LogP contribution in [0.3, 0.4) is 0 Å². The van der Waals surface area contributed by atoms with E-state index in [0.29, 0.717) is 25.2 Å². The first kappa shape index (κ1) is 24.3. The van der Waals surface area contributed by atoms with Crippen LogP contribution in [0.15, 0.2) is 66.7 Å². The first-order valence-corrected chi connectivity index (χ1v) is 11.6. The minimum absolute atomic E-state index is 0.115. The van der Waals surface area contributed by atoms with Crippen LogP contribution in [-0.2, 0) is 4.74 Å². The summed E-state index contributed by atoms with van der Waals surface area (Å²) in [6.07, 6.45) is 0.605. The summed E-state index contributed by atoms with van der Waals surface area (Å²) in [5, 5.41) is 8.90. The van der Waals surface area contributed by atoms with Gasteiger partial charge in [0, 0.05) is 31.8 Å². The van der Waals surface area contributed by atoms with Crippen molar-refractivity contribution in [3.63, 3.8) is 0 Å². The maximum Gasteiger partial charge on any atom is 0.338 e. The van der Waals surface area contributed by atoms with Gasteiger partial charge in [-0.2, -0.15) is 0 Å². The molecule has 3 aromatic rings. The Hall–Kier alpha value is -3.31. The molecule has 5 nitrogen and oxygen atoms in total. The first-order valence-electron chi connectivity index (χ1n) is 11.6. The fourth-order valence-corrected chi connectivity index (χ4v) is 3.79. The minimum atomic E-state index is -0.320. The Morgan fingerprint density at radius 1 is 0.848 bits per heavy atom. The fourth-order valence-electron chi connectivity index (χ4n) is 3.79. The van der Waals surface area contributed by atoms with Crippen LogP contribution in [0.2, 0.25) is 0 Å². The highest BCUT2D eigenvalue weighted by molar-refractivity contribution is 5.98. The van der Waals surface area contributed by atoms with Gasteiger partial charge in [0.1, 0.15) is 5.75 Å². The monoisotopic (exact) mass is 447 g/mol. The highest BCUT2D eigenvalue weighted by Gasteiger charge is 2.16. The highest BCUT2D eigenvalue weighted by Crippen LogP contribution is 2.32. The molecule has 0 spiro atoms. The van der Waals surface area contributed by atoms with Crippen LogP contribution in [0.5, 0.6) is 5.75 Å². The lowest BCUT2D eigenvalue weighted by Gasteiger charge is -2.21. The molecule has 0 unspecified atom stereocenters. The van der Waals surface area contributed by atoms with Crippen molar-refractivity contribution >= 4 is 11.7 Å². The topological polar surface area (TPSA) is 59.0 Å². The number of carbonyl (C=O) groups excluding carboxylic acids is 1. The Morgan fingerprint density at radius 2 is 1.48 bits per heavy atom. The second-order valence-electron chi connectivity index (χ2n) is 7.65. The van der Waals surface area contributed by atoms with E-state index in [1.165, 1.54) is 0 Å². The van der Waals surface area contributed by atoms with E-state index < -0.39 is 0 Å². The summed E-state index contributed by atoms with van der Waals surface area (Å²) in [6.45, 7) is 8.92. The molecule has 3 aromatic carbocycles. The Kier molecular flexibility index (Phi) is 8.90. The van der Waals surface area contributed by atoms with Crippen molar-refractivity contribution in [2.24, 2.45) is 0 Å². The number of aliphatic hydroxyl groups is 1. The van der Waals surface area contributed by atoms with Crippen molar-refractivity contribution in [2.75, 3.05) is 37.8 Å². The predicted octanol–water partition coefficient (Wildman–Crippen LogP) is 5.80. The molecule has 174 valence electrons. The number of rotatable bonds is 11. The fraction of sp³-hybridized carbons (Fsp3) is 0.321. The van der Waals surface area contributed by atoms with Crippen LogP contribution in [-0.4, -0.2) is 44.0 Å². The third kappa shape index (κ3) is 6.14. The summed E-state index contributed by atoms with van der Waals surface area (Å²) in [7, 11) is 0. The summed E-state index contributed by atoms with van der Waals surface area (Å²) in [5.74, 6) is 0.446. The van der Waals surface area contributed by atoms with Crippen molar-refractivity contribution in [2.45, 2.75) is 27.2 Å². The summed E-state index contributed by atoms with van der Waals surface area (Å²) in [4.78, 5) is 14.9. The van der Waals surface area contributed by atoms with Crippen LogP contribution in [0.4, 0.5) is 5.69 Å². The Balaban J connectivity index is 1.95. The Morgan fingerprint density at radius 3 is 2.09 bits per heavy atom. The van der Waals surface area contributed by atoms with Gasteiger partial charge in [0.2, 0.25) is 0 Å². The molecule has 0 fully saturated rings. The Bertz CT molecular complexity index is 1020. The zero-order valence-electron chi connectivity index (χ0n) is 19.7. The molecule has 1 N–H and O–H groups in total. The van der Waals surface area contributed by atoms with E-state index in [1.807, 2.05) is 49.4 Å². The van der Waals surface area contributed by atoms with Gasteiger partial charge < -0.3 is 19.5 Å². The van der Waals surface area contributed by atoms with E-state index in [4.69, 9.17) is 14.6 Å². The second-order valence-corrected chi connectivity index (χ2v) is 7.65. The predicted molar refractivity (Wildman–Crippen MR) is 134 cm³/mol. The molecule has 3 rings (SSSR count). The largest absolute Gasteiger partial charge is 0.494 e. The van der Waals surface area contributed by atoms with Crippen molar-refractivity contribution in [1.82, 2.24) is 0 Å². The lowest BCUT2D eigenvalue weighted by Crippen LogP contribution is -2.21. The highest BCUT2D eigenvalue weighted by atomic mass is 16.5. The molecular weight excluding hydrogens is 414 g/mol. The van der Waals surface area contributed by atoms with E-state index in [-0.39, 0.29) is 12.6 Å². The molecule has 0 heterocycles. The van der Waals surface area contributed by atoms with Gasteiger partial charge in [0.05, 0.1) is 18.8 Å². The number of esters is 1. The van der Waals surface area contributed by atoms with Crippen LogP contribution in [0, 0.1) is 0 Å². The number of anilines is 1. The number of ether oxygens (including phenoxy) is 2. The zero-order valence-corrected chi connectivity index (χ0v) is 19.7. The lowest BCUT2D eigenvalue weighted by molar-refractivity contribution is 0.0527. The third-order valence-corrected chi connectivity index (χ3v) is 5.58. The summed E-state index contributed by atoms with van der Waals surface area (Å²) >= 11 is 0. The molecule has 0 aliphatic carbocycles. The van der Waals surface area contributed by atoms with Crippen LogP contribution < -0.4 is 9.64 Å². The maximum absolute atomic E-state index is 12.7. The molecule has 0 saturated carbocycles. The van der Waals surface area contributed by atoms with E-state index in [1.54, 1.807) is 0 Å². The standard InChI is InChI=1S/C28H33NO4/c1-4-29(5-2)24-13-8-22(9-14-24)27-20-23(12-17-26(27)28(31)32-6-3)21-10-15-25(16-11-21)33-19-7-18-30/h8-17,20,30H,4-7,18-19H2,1-3H3. The van der Waals surface area contributed by atoms with Gasteiger partial charge in [-0.25, -0.2) is 4.79 Å². The number of nitrogens with zero attached hydrogens (tertiary/aromatic N) is 1. The van der Waals surface area contributed by atoms with Crippen LogP contribution in [0.25, 0.3) is 22.3 Å². The molecule has 0 atom stereocenters. The van der Waals surface area contributed by atoms with E-state index in [0.717, 1.165) is 46.8 Å². The number of aliphatic hydroxyl groups excluding tert-OH is 1. The van der Waals surface area contributed by atoms with E-state index in [2.05, 4.69) is 43.0 Å². The van der Waals surface area contributed by atoms with Crippen molar-refractivity contribution < 1.29 is 19.4 Å². The minimum Gasteiger partial charge on any atom is -0.494 e. The quantitative estimate of drug-likeness (QED) is 0.297. The van der Waals surface area contributed by atoms with Gasteiger partial charge in [0.25, 0.3) is 0 Å². The van der Waals surface area contributed by atoms with E-state index in [9.17, 15) is 4.79 Å². The molecule has 33 heavy (non-hydrogen) atoms. The SMILES string of the molecule is CCOC(=O)c1ccc(-c2ccc(OCCCO)cc2)cc1-c1ccc(N(CC)CC)cc1. The molecule has 5 heteroatoms. The van der Waals surface area contributed by atoms with Crippen LogP contribution >= 0.6 is 0 Å². The normalized spacial score (nSPS) is 10.7. The summed E-state index contributed by atoms with van der Waals surface area (Å²) in [5.41, 5.74) is 5.57. The van der Waals surface area contributed by atoms with Crippen molar-refractivity contribution in [1.29, 1.82) is 0 Å². The molecule has 0 aromatic heterocycles. The lowest BCUT2D eigenvalue weighted by atomic mass is 9.94. The van der Waals surface area contributed by atoms with Gasteiger partial charge in [-0.1, -0.05) is 30.3 Å².